The number of aromatic nitrogens is 2. The number of esters is 1. The minimum Gasteiger partial charge on any atom is -0.458 e. The largest absolute Gasteiger partial charge is 0.458 e. The van der Waals surface area contributed by atoms with Gasteiger partial charge in [0.05, 0.1) is 34.7 Å². The normalized spacial score (nSPS) is 21.1. The van der Waals surface area contributed by atoms with Crippen molar-refractivity contribution in [3.05, 3.63) is 48.8 Å². The van der Waals surface area contributed by atoms with E-state index < -0.39 is 11.6 Å². The topological polar surface area (TPSA) is 111 Å². The van der Waals surface area contributed by atoms with Gasteiger partial charge >= 0.3 is 5.97 Å². The summed E-state index contributed by atoms with van der Waals surface area (Å²) in [6, 6.07) is 5.69. The number of halogens is 1. The van der Waals surface area contributed by atoms with Gasteiger partial charge in [-0.1, -0.05) is 6.92 Å². The van der Waals surface area contributed by atoms with Crippen LogP contribution < -0.4 is 16.2 Å². The molecule has 3 aromatic rings. The monoisotopic (exact) mass is 544 g/mol. The number of benzene rings is 1. The molecule has 9 heteroatoms. The SMILES string of the molecule is CC[C@@]1(O)C(=O)OCc2c1cc1n(c2=O)Cc2c-1nc1cc(I)c(N)cc1c2N1CCC1. The van der Waals surface area contributed by atoms with Crippen molar-refractivity contribution < 1.29 is 14.6 Å². The van der Waals surface area contributed by atoms with Crippen LogP contribution in [0.3, 0.4) is 0 Å². The maximum atomic E-state index is 13.4. The maximum absolute atomic E-state index is 13.4. The standard InChI is InChI=1S/C23H21IN4O4/c1-2-23(31)14-7-18-19-12(9-28(18)21(29)13(14)10-32-22(23)30)20(27-4-3-5-27)11-6-16(25)15(24)8-17(11)26-19/h6-8,31H,2-5,9-10,25H2,1H3/t23-/m0/s1. The molecule has 32 heavy (non-hydrogen) atoms. The number of aliphatic hydroxyl groups is 1. The van der Waals surface area contributed by atoms with Gasteiger partial charge in [0, 0.05) is 38.9 Å². The zero-order valence-corrected chi connectivity index (χ0v) is 19.6. The highest BCUT2D eigenvalue weighted by Gasteiger charge is 2.45. The summed E-state index contributed by atoms with van der Waals surface area (Å²) in [6.45, 7) is 3.84. The van der Waals surface area contributed by atoms with E-state index in [0.717, 1.165) is 50.9 Å². The maximum Gasteiger partial charge on any atom is 0.343 e. The Balaban J connectivity index is 1.67. The molecule has 164 valence electrons. The molecule has 0 amide bonds. The average molecular weight is 544 g/mol. The lowest BCUT2D eigenvalue weighted by molar-refractivity contribution is -0.172. The molecule has 1 saturated heterocycles. The number of nitrogens with two attached hydrogens (primary N) is 1. The minimum absolute atomic E-state index is 0.121. The van der Waals surface area contributed by atoms with Crippen molar-refractivity contribution in [2.45, 2.75) is 38.5 Å². The van der Waals surface area contributed by atoms with Gasteiger partial charge < -0.3 is 25.0 Å². The number of carbonyl (C=O) groups excluding carboxylic acids is 1. The lowest BCUT2D eigenvalue weighted by Crippen LogP contribution is -2.44. The highest BCUT2D eigenvalue weighted by Crippen LogP contribution is 2.44. The van der Waals surface area contributed by atoms with Crippen LogP contribution in [-0.4, -0.2) is 33.7 Å². The molecule has 2 aromatic heterocycles. The number of nitrogens with zero attached hydrogens (tertiary/aromatic N) is 3. The van der Waals surface area contributed by atoms with Crippen LogP contribution in [-0.2, 0) is 28.3 Å². The van der Waals surface area contributed by atoms with Crippen LogP contribution in [0, 0.1) is 3.57 Å². The number of fused-ring (bicyclic) bond motifs is 5. The molecular weight excluding hydrogens is 523 g/mol. The van der Waals surface area contributed by atoms with Crippen LogP contribution in [0.5, 0.6) is 0 Å². The van der Waals surface area contributed by atoms with E-state index in [4.69, 9.17) is 15.5 Å². The fraction of sp³-hybridized carbons (Fsp3) is 0.348. The summed E-state index contributed by atoms with van der Waals surface area (Å²) in [7, 11) is 0. The van der Waals surface area contributed by atoms with Crippen LogP contribution in [0.4, 0.5) is 11.4 Å². The molecule has 6 rings (SSSR count). The van der Waals surface area contributed by atoms with Gasteiger partial charge in [0.15, 0.2) is 5.60 Å². The first-order chi connectivity index (χ1) is 15.3. The molecule has 3 N–H and O–H groups in total. The summed E-state index contributed by atoms with van der Waals surface area (Å²) in [5, 5.41) is 12.0. The lowest BCUT2D eigenvalue weighted by Gasteiger charge is -2.35. The van der Waals surface area contributed by atoms with Crippen molar-refractivity contribution in [1.29, 1.82) is 0 Å². The van der Waals surface area contributed by atoms with Crippen molar-refractivity contribution in [1.82, 2.24) is 9.55 Å². The number of carbonyl (C=O) groups is 1. The van der Waals surface area contributed by atoms with Gasteiger partial charge in [-0.3, -0.25) is 4.79 Å². The summed E-state index contributed by atoms with van der Waals surface area (Å²) in [6.07, 6.45) is 1.23. The van der Waals surface area contributed by atoms with E-state index >= 15 is 0 Å². The van der Waals surface area contributed by atoms with Crippen molar-refractivity contribution in [3.63, 3.8) is 0 Å². The average Bonchev–Trinajstić information content (AvgIpc) is 3.10. The third-order valence-electron chi connectivity index (χ3n) is 6.95. The van der Waals surface area contributed by atoms with Crippen molar-refractivity contribution in [3.8, 4) is 11.4 Å². The number of ether oxygens (including phenoxy) is 1. The van der Waals surface area contributed by atoms with Gasteiger partial charge in [-0.15, -0.1) is 0 Å². The molecule has 3 aliphatic heterocycles. The van der Waals surface area contributed by atoms with E-state index in [-0.39, 0.29) is 18.6 Å². The molecule has 1 fully saturated rings. The van der Waals surface area contributed by atoms with Crippen molar-refractivity contribution in [2.75, 3.05) is 23.7 Å². The summed E-state index contributed by atoms with van der Waals surface area (Å²) in [5.41, 5.74) is 9.72. The molecular formula is C23H21IN4O4. The Morgan fingerprint density at radius 2 is 2.03 bits per heavy atom. The molecule has 0 spiro atoms. The minimum atomic E-state index is -1.83. The molecule has 8 nitrogen and oxygen atoms in total. The quantitative estimate of drug-likeness (QED) is 0.227. The van der Waals surface area contributed by atoms with Gasteiger partial charge in [0.25, 0.3) is 5.56 Å². The first-order valence-electron chi connectivity index (χ1n) is 10.7. The van der Waals surface area contributed by atoms with E-state index in [1.54, 1.807) is 17.6 Å². The molecule has 0 saturated carbocycles. The van der Waals surface area contributed by atoms with Gasteiger partial charge in [0.2, 0.25) is 0 Å². The molecule has 0 unspecified atom stereocenters. The predicted octanol–water partition coefficient (Wildman–Crippen LogP) is 2.48. The van der Waals surface area contributed by atoms with Crippen molar-refractivity contribution in [2.24, 2.45) is 0 Å². The molecule has 0 radical (unpaired) electrons. The van der Waals surface area contributed by atoms with Gasteiger partial charge in [0.1, 0.15) is 6.61 Å². The van der Waals surface area contributed by atoms with E-state index in [1.807, 2.05) is 12.1 Å². The van der Waals surface area contributed by atoms with Crippen molar-refractivity contribution >= 4 is 50.8 Å². The van der Waals surface area contributed by atoms with E-state index in [2.05, 4.69) is 27.5 Å². The first-order valence-corrected chi connectivity index (χ1v) is 11.7. The number of hydrogen-bond acceptors (Lipinski definition) is 7. The molecule has 5 heterocycles. The Hall–Kier alpha value is -2.66. The highest BCUT2D eigenvalue weighted by molar-refractivity contribution is 14.1. The lowest BCUT2D eigenvalue weighted by atomic mass is 9.86. The van der Waals surface area contributed by atoms with Gasteiger partial charge in [-0.2, -0.15) is 0 Å². The van der Waals surface area contributed by atoms with Crippen LogP contribution >= 0.6 is 22.6 Å². The van der Waals surface area contributed by atoms with E-state index in [1.165, 1.54) is 0 Å². The summed E-state index contributed by atoms with van der Waals surface area (Å²) < 4.78 is 7.77. The zero-order valence-electron chi connectivity index (χ0n) is 17.4. The molecule has 3 aliphatic rings. The van der Waals surface area contributed by atoms with E-state index in [9.17, 15) is 14.7 Å². The van der Waals surface area contributed by atoms with Gasteiger partial charge in [-0.05, 0) is 53.6 Å². The Morgan fingerprint density at radius 1 is 1.25 bits per heavy atom. The van der Waals surface area contributed by atoms with Crippen LogP contribution in [0.15, 0.2) is 23.0 Å². The van der Waals surface area contributed by atoms with E-state index in [0.29, 0.717) is 29.1 Å². The summed E-state index contributed by atoms with van der Waals surface area (Å²) >= 11 is 2.20. The predicted molar refractivity (Wildman–Crippen MR) is 128 cm³/mol. The number of pyridine rings is 2. The fourth-order valence-electron chi connectivity index (χ4n) is 5.00. The number of rotatable bonds is 2. The Bertz CT molecular complexity index is 1410. The second-order valence-corrected chi connectivity index (χ2v) is 9.78. The molecule has 0 bridgehead atoms. The number of nitrogen functional groups attached to an aromatic ring is 1. The Kier molecular flexibility index (Phi) is 4.17. The Morgan fingerprint density at radius 3 is 2.72 bits per heavy atom. The van der Waals surface area contributed by atoms with Crippen LogP contribution in [0.1, 0.15) is 36.5 Å². The highest BCUT2D eigenvalue weighted by atomic mass is 127. The number of hydrogen-bond donors (Lipinski definition) is 2. The first kappa shape index (κ1) is 20.0. The Labute approximate surface area is 197 Å². The zero-order chi connectivity index (χ0) is 22.4. The summed E-state index contributed by atoms with van der Waals surface area (Å²) in [5.74, 6) is -0.715. The van der Waals surface area contributed by atoms with Crippen LogP contribution in [0.2, 0.25) is 0 Å². The fourth-order valence-corrected chi connectivity index (χ4v) is 5.45. The molecule has 1 aromatic carbocycles. The third-order valence-corrected chi connectivity index (χ3v) is 7.88. The molecule has 0 aliphatic carbocycles. The smallest absolute Gasteiger partial charge is 0.343 e. The second-order valence-electron chi connectivity index (χ2n) is 8.62. The van der Waals surface area contributed by atoms with Crippen LogP contribution in [0.25, 0.3) is 22.3 Å². The summed E-state index contributed by atoms with van der Waals surface area (Å²) in [4.78, 5) is 33.1. The molecule has 1 atom stereocenters. The number of anilines is 2. The third kappa shape index (κ3) is 2.49. The second kappa shape index (κ2) is 6.67. The number of cyclic esters (lactones) is 1. The van der Waals surface area contributed by atoms with Gasteiger partial charge in [-0.25, -0.2) is 9.78 Å².